The van der Waals surface area contributed by atoms with Gasteiger partial charge in [0.1, 0.15) is 11.6 Å². The SMILES string of the molecule is CCCn1c(C2CCCCC2)nc(CCSC)c1N. The average Bonchev–Trinajstić information content (AvgIpc) is 2.75. The molecular formula is C15H27N3S. The Bertz CT molecular complexity index is 394. The molecule has 0 amide bonds. The van der Waals surface area contributed by atoms with Crippen molar-refractivity contribution in [2.45, 2.75) is 64.3 Å². The fraction of sp³-hybridized carbons (Fsp3) is 0.800. The smallest absolute Gasteiger partial charge is 0.126 e. The maximum absolute atomic E-state index is 6.33. The Balaban J connectivity index is 2.23. The number of rotatable bonds is 6. The second kappa shape index (κ2) is 7.22. The van der Waals surface area contributed by atoms with Crippen molar-refractivity contribution in [2.24, 2.45) is 0 Å². The maximum Gasteiger partial charge on any atom is 0.126 e. The predicted octanol–water partition coefficient (Wildman–Crippen LogP) is 3.83. The number of aryl methyl sites for hydroxylation is 1. The van der Waals surface area contributed by atoms with Crippen molar-refractivity contribution in [3.05, 3.63) is 11.5 Å². The number of anilines is 1. The molecule has 4 heteroatoms. The zero-order chi connectivity index (χ0) is 13.7. The van der Waals surface area contributed by atoms with E-state index in [1.807, 2.05) is 11.8 Å². The van der Waals surface area contributed by atoms with Gasteiger partial charge in [-0.2, -0.15) is 11.8 Å². The Morgan fingerprint density at radius 1 is 1.32 bits per heavy atom. The highest BCUT2D eigenvalue weighted by Crippen LogP contribution is 2.34. The zero-order valence-electron chi connectivity index (χ0n) is 12.3. The van der Waals surface area contributed by atoms with Gasteiger partial charge < -0.3 is 10.3 Å². The number of aromatic nitrogens is 2. The molecule has 1 saturated carbocycles. The van der Waals surface area contributed by atoms with Gasteiger partial charge in [0.2, 0.25) is 0 Å². The lowest BCUT2D eigenvalue weighted by molar-refractivity contribution is 0.415. The van der Waals surface area contributed by atoms with Gasteiger partial charge in [-0.05, 0) is 31.3 Å². The van der Waals surface area contributed by atoms with Crippen LogP contribution >= 0.6 is 11.8 Å². The molecule has 1 aromatic heterocycles. The van der Waals surface area contributed by atoms with E-state index in [0.29, 0.717) is 5.92 Å². The van der Waals surface area contributed by atoms with Gasteiger partial charge in [0.25, 0.3) is 0 Å². The molecule has 0 aromatic carbocycles. The Labute approximate surface area is 121 Å². The summed E-state index contributed by atoms with van der Waals surface area (Å²) in [6.07, 6.45) is 10.9. The normalized spacial score (nSPS) is 16.9. The van der Waals surface area contributed by atoms with Gasteiger partial charge >= 0.3 is 0 Å². The van der Waals surface area contributed by atoms with Crippen molar-refractivity contribution in [3.63, 3.8) is 0 Å². The second-order valence-corrected chi connectivity index (χ2v) is 6.52. The highest BCUT2D eigenvalue weighted by Gasteiger charge is 2.23. The molecular weight excluding hydrogens is 254 g/mol. The van der Waals surface area contributed by atoms with Crippen LogP contribution in [0.4, 0.5) is 5.82 Å². The molecule has 108 valence electrons. The second-order valence-electron chi connectivity index (χ2n) is 5.53. The summed E-state index contributed by atoms with van der Waals surface area (Å²) < 4.78 is 2.30. The van der Waals surface area contributed by atoms with E-state index in [1.54, 1.807) is 0 Å². The monoisotopic (exact) mass is 281 g/mol. The standard InChI is InChI=1S/C15H27N3S/c1-3-10-18-14(16)13(9-11-19-2)17-15(18)12-7-5-4-6-8-12/h12H,3-11,16H2,1-2H3. The number of nitrogens with two attached hydrogens (primary N) is 1. The lowest BCUT2D eigenvalue weighted by atomic mass is 9.88. The van der Waals surface area contributed by atoms with Gasteiger partial charge in [0, 0.05) is 18.9 Å². The Hall–Kier alpha value is -0.640. The molecule has 1 heterocycles. The minimum Gasteiger partial charge on any atom is -0.384 e. The average molecular weight is 281 g/mol. The van der Waals surface area contributed by atoms with Crippen molar-refractivity contribution in [3.8, 4) is 0 Å². The third-order valence-electron chi connectivity index (χ3n) is 4.07. The zero-order valence-corrected chi connectivity index (χ0v) is 13.1. The first-order chi connectivity index (χ1) is 9.27. The van der Waals surface area contributed by atoms with Gasteiger partial charge in [0.05, 0.1) is 5.69 Å². The number of nitrogen functional groups attached to an aromatic ring is 1. The van der Waals surface area contributed by atoms with Gasteiger partial charge in [-0.25, -0.2) is 4.98 Å². The number of imidazole rings is 1. The summed E-state index contributed by atoms with van der Waals surface area (Å²) in [5.41, 5.74) is 7.46. The predicted molar refractivity (Wildman–Crippen MR) is 84.8 cm³/mol. The van der Waals surface area contributed by atoms with Crippen molar-refractivity contribution < 1.29 is 0 Å². The third kappa shape index (κ3) is 3.47. The molecule has 1 aromatic rings. The van der Waals surface area contributed by atoms with Crippen LogP contribution in [-0.4, -0.2) is 21.6 Å². The summed E-state index contributed by atoms with van der Waals surface area (Å²) in [7, 11) is 0. The van der Waals surface area contributed by atoms with E-state index in [1.165, 1.54) is 37.9 Å². The fourth-order valence-corrected chi connectivity index (χ4v) is 3.45. The van der Waals surface area contributed by atoms with Crippen LogP contribution in [0.3, 0.4) is 0 Å². The first kappa shape index (κ1) is 14.8. The van der Waals surface area contributed by atoms with Crippen LogP contribution < -0.4 is 5.73 Å². The van der Waals surface area contributed by atoms with Crippen molar-refractivity contribution in [1.82, 2.24) is 9.55 Å². The molecule has 1 aliphatic rings. The summed E-state index contributed by atoms with van der Waals surface area (Å²) in [5.74, 6) is 3.95. The minimum absolute atomic E-state index is 0.644. The van der Waals surface area contributed by atoms with Gasteiger partial charge in [0.15, 0.2) is 0 Å². The number of nitrogens with zero attached hydrogens (tertiary/aromatic N) is 2. The molecule has 0 radical (unpaired) electrons. The van der Waals surface area contributed by atoms with Crippen LogP contribution in [0.25, 0.3) is 0 Å². The molecule has 19 heavy (non-hydrogen) atoms. The summed E-state index contributed by atoms with van der Waals surface area (Å²) in [6.45, 7) is 3.23. The number of thioether (sulfide) groups is 1. The van der Waals surface area contributed by atoms with E-state index in [-0.39, 0.29) is 0 Å². The third-order valence-corrected chi connectivity index (χ3v) is 4.69. The van der Waals surface area contributed by atoms with Crippen molar-refractivity contribution in [1.29, 1.82) is 0 Å². The quantitative estimate of drug-likeness (QED) is 0.862. The molecule has 0 atom stereocenters. The van der Waals surface area contributed by atoms with Crippen molar-refractivity contribution in [2.75, 3.05) is 17.7 Å². The van der Waals surface area contributed by atoms with Gasteiger partial charge in [-0.1, -0.05) is 26.2 Å². The number of hydrogen-bond donors (Lipinski definition) is 1. The van der Waals surface area contributed by atoms with E-state index < -0.39 is 0 Å². The molecule has 0 spiro atoms. The fourth-order valence-electron chi connectivity index (χ4n) is 3.05. The lowest BCUT2D eigenvalue weighted by Gasteiger charge is -2.22. The van der Waals surface area contributed by atoms with E-state index in [4.69, 9.17) is 10.7 Å². The Kier molecular flexibility index (Phi) is 5.61. The lowest BCUT2D eigenvalue weighted by Crippen LogP contribution is -2.13. The first-order valence-corrected chi connectivity index (χ1v) is 9.01. The molecule has 1 fully saturated rings. The molecule has 0 bridgehead atoms. The Morgan fingerprint density at radius 3 is 2.68 bits per heavy atom. The summed E-state index contributed by atoms with van der Waals surface area (Å²) in [4.78, 5) is 4.91. The van der Waals surface area contributed by atoms with E-state index in [2.05, 4.69) is 17.7 Å². The van der Waals surface area contributed by atoms with Crippen molar-refractivity contribution >= 4 is 17.6 Å². The summed E-state index contributed by atoms with van der Waals surface area (Å²) in [6, 6.07) is 0. The van der Waals surface area contributed by atoms with Gasteiger partial charge in [-0.15, -0.1) is 0 Å². The van der Waals surface area contributed by atoms with Crippen LogP contribution in [0, 0.1) is 0 Å². The molecule has 2 rings (SSSR count). The summed E-state index contributed by atoms with van der Waals surface area (Å²) in [5, 5.41) is 0. The minimum atomic E-state index is 0.644. The molecule has 0 saturated heterocycles. The molecule has 3 nitrogen and oxygen atoms in total. The largest absolute Gasteiger partial charge is 0.384 e. The number of hydrogen-bond acceptors (Lipinski definition) is 3. The van der Waals surface area contributed by atoms with Crippen LogP contribution in [-0.2, 0) is 13.0 Å². The highest BCUT2D eigenvalue weighted by molar-refractivity contribution is 7.98. The molecule has 1 aliphatic carbocycles. The van der Waals surface area contributed by atoms with E-state index >= 15 is 0 Å². The highest BCUT2D eigenvalue weighted by atomic mass is 32.2. The van der Waals surface area contributed by atoms with Gasteiger partial charge in [-0.3, -0.25) is 0 Å². The topological polar surface area (TPSA) is 43.8 Å². The van der Waals surface area contributed by atoms with Crippen LogP contribution in [0.2, 0.25) is 0 Å². The molecule has 2 N–H and O–H groups in total. The summed E-state index contributed by atoms with van der Waals surface area (Å²) >= 11 is 1.86. The maximum atomic E-state index is 6.33. The van der Waals surface area contributed by atoms with E-state index in [0.717, 1.165) is 36.7 Å². The van der Waals surface area contributed by atoms with E-state index in [9.17, 15) is 0 Å². The first-order valence-electron chi connectivity index (χ1n) is 7.61. The van der Waals surface area contributed by atoms with Crippen LogP contribution in [0.5, 0.6) is 0 Å². The Morgan fingerprint density at radius 2 is 2.05 bits per heavy atom. The molecule has 0 unspecified atom stereocenters. The van der Waals surface area contributed by atoms with Crippen LogP contribution in [0.15, 0.2) is 0 Å². The van der Waals surface area contributed by atoms with Crippen LogP contribution in [0.1, 0.15) is 62.9 Å². The molecule has 0 aliphatic heterocycles.